The van der Waals surface area contributed by atoms with Gasteiger partial charge in [-0.25, -0.2) is 9.79 Å². The van der Waals surface area contributed by atoms with Crippen LogP contribution >= 0.6 is 11.8 Å². The van der Waals surface area contributed by atoms with E-state index in [1.807, 2.05) is 51.1 Å². The van der Waals surface area contributed by atoms with Crippen LogP contribution < -0.4 is 25.6 Å². The molecule has 0 aromatic heterocycles. The van der Waals surface area contributed by atoms with Crippen molar-refractivity contribution >= 4 is 47.8 Å². The number of alkyl halides is 3. The Morgan fingerprint density at radius 3 is 2.39 bits per heavy atom. The van der Waals surface area contributed by atoms with Crippen LogP contribution in [-0.2, 0) is 11.2 Å². The zero-order chi connectivity index (χ0) is 33.7. The Bertz CT molecular complexity index is 1480. The molecule has 0 heterocycles. The van der Waals surface area contributed by atoms with Gasteiger partial charge in [0, 0.05) is 23.5 Å². The molecule has 0 radical (unpaired) electrons. The number of anilines is 2. The van der Waals surface area contributed by atoms with Gasteiger partial charge in [-0.05, 0) is 72.0 Å². The predicted molar refractivity (Wildman–Crippen MR) is 179 cm³/mol. The van der Waals surface area contributed by atoms with Crippen LogP contribution in [0.1, 0.15) is 55.4 Å². The average Bonchev–Trinajstić information content (AvgIpc) is 3.02. The van der Waals surface area contributed by atoms with Gasteiger partial charge in [0.2, 0.25) is 6.41 Å². The second-order valence-corrected chi connectivity index (χ2v) is 11.8. The number of benzene rings is 3. The molecule has 2 atom stereocenters. The molecule has 0 saturated carbocycles. The van der Waals surface area contributed by atoms with Gasteiger partial charge in [0.25, 0.3) is 0 Å². The lowest BCUT2D eigenvalue weighted by molar-refractivity contribution is -0.274. The van der Waals surface area contributed by atoms with E-state index >= 15 is 0 Å². The zero-order valence-corrected chi connectivity index (χ0v) is 27.0. The van der Waals surface area contributed by atoms with E-state index in [0.29, 0.717) is 23.5 Å². The minimum atomic E-state index is -4.76. The fourth-order valence-corrected chi connectivity index (χ4v) is 5.31. The first-order valence-electron chi connectivity index (χ1n) is 14.8. The van der Waals surface area contributed by atoms with Crippen LogP contribution in [0, 0.1) is 12.3 Å². The van der Waals surface area contributed by atoms with Crippen LogP contribution in [0.2, 0.25) is 0 Å². The second-order valence-electron chi connectivity index (χ2n) is 10.4. The number of nitrogens with zero attached hydrogens (tertiary/aromatic N) is 2. The number of hydrogen-bond acceptors (Lipinski definition) is 5. The first-order chi connectivity index (χ1) is 21.9. The summed E-state index contributed by atoms with van der Waals surface area (Å²) in [5.74, 6) is 0.291. The van der Waals surface area contributed by atoms with Crippen LogP contribution in [0.4, 0.5) is 29.3 Å². The first kappa shape index (κ1) is 36.0. The van der Waals surface area contributed by atoms with Crippen molar-refractivity contribution in [2.24, 2.45) is 4.99 Å². The van der Waals surface area contributed by atoms with Crippen molar-refractivity contribution in [2.75, 3.05) is 22.5 Å². The Hall–Kier alpha value is -4.52. The summed E-state index contributed by atoms with van der Waals surface area (Å²) < 4.78 is 40.8. The van der Waals surface area contributed by atoms with E-state index in [2.05, 4.69) is 32.6 Å². The third kappa shape index (κ3) is 11.1. The van der Waals surface area contributed by atoms with Gasteiger partial charge in [0.15, 0.2) is 11.3 Å². The number of nitrogens with one attached hydrogen (secondary N) is 4. The van der Waals surface area contributed by atoms with Crippen molar-refractivity contribution in [3.63, 3.8) is 0 Å². The lowest BCUT2D eigenvalue weighted by atomic mass is 9.99. The summed E-state index contributed by atoms with van der Waals surface area (Å²) in [6.45, 7) is 8.33. The number of aryl methyl sites for hydroxylation is 2. The Morgan fingerprint density at radius 1 is 1.09 bits per heavy atom. The largest absolute Gasteiger partial charge is 0.573 e. The number of hydrogen-bond donors (Lipinski definition) is 4. The van der Waals surface area contributed by atoms with E-state index in [-0.39, 0.29) is 17.5 Å². The number of urea groups is 1. The topological polar surface area (TPSA) is 119 Å². The number of amidine groups is 1. The fraction of sp³-hybridized carbons (Fsp3) is 0.333. The molecule has 13 heteroatoms. The van der Waals surface area contributed by atoms with E-state index in [1.165, 1.54) is 42.4 Å². The normalized spacial score (nSPS) is 12.7. The molecule has 0 fully saturated rings. The Balaban J connectivity index is 1.54. The number of aliphatic imine (C=N–C) groups is 1. The molecular weight excluding hydrogens is 617 g/mol. The van der Waals surface area contributed by atoms with Crippen LogP contribution in [-0.4, -0.2) is 48.8 Å². The number of ether oxygens (including phenoxy) is 1. The zero-order valence-electron chi connectivity index (χ0n) is 26.1. The summed E-state index contributed by atoms with van der Waals surface area (Å²) in [6, 6.07) is 18.0. The first-order valence-corrected chi connectivity index (χ1v) is 15.8. The average molecular weight is 657 g/mol. The second kappa shape index (κ2) is 17.2. The highest BCUT2D eigenvalue weighted by atomic mass is 32.2. The van der Waals surface area contributed by atoms with Crippen molar-refractivity contribution < 1.29 is 27.5 Å². The number of halogens is 3. The summed E-state index contributed by atoms with van der Waals surface area (Å²) in [7, 11) is 0. The maximum absolute atomic E-state index is 12.9. The van der Waals surface area contributed by atoms with E-state index in [4.69, 9.17) is 5.41 Å². The van der Waals surface area contributed by atoms with E-state index in [0.717, 1.165) is 41.6 Å². The standard InChI is InChI=1S/C33H39F3N6O3S/c1-5-7-25-9-8-22(3)18-29(25)42(21-43)32(46-6-2)41-31(44)38-19-23(4)24-10-12-26(13-11-24)30(37)40-20-39-27-14-16-28(17-15-27)45-33(34,35)36/h8-18,20-21,23,32H,5-7,19H2,1-4H3,(H2,37,39,40)(H2,38,41,44). The highest BCUT2D eigenvalue weighted by molar-refractivity contribution is 7.99. The van der Waals surface area contributed by atoms with Crippen LogP contribution in [0.5, 0.6) is 5.75 Å². The number of carbonyl (C=O) groups is 2. The monoisotopic (exact) mass is 656 g/mol. The van der Waals surface area contributed by atoms with Crippen molar-refractivity contribution in [1.29, 1.82) is 5.41 Å². The number of amides is 3. The van der Waals surface area contributed by atoms with Gasteiger partial charge in [-0.15, -0.1) is 24.9 Å². The molecule has 246 valence electrons. The molecule has 4 N–H and O–H groups in total. The molecule has 0 aliphatic rings. The highest BCUT2D eigenvalue weighted by Gasteiger charge is 2.31. The molecule has 46 heavy (non-hydrogen) atoms. The Morgan fingerprint density at radius 2 is 1.78 bits per heavy atom. The van der Waals surface area contributed by atoms with Gasteiger partial charge < -0.3 is 20.7 Å². The van der Waals surface area contributed by atoms with Gasteiger partial charge in [0.05, 0.1) is 6.34 Å². The van der Waals surface area contributed by atoms with Crippen molar-refractivity contribution in [1.82, 2.24) is 10.6 Å². The molecule has 9 nitrogen and oxygen atoms in total. The highest BCUT2D eigenvalue weighted by Crippen LogP contribution is 2.28. The third-order valence-electron chi connectivity index (χ3n) is 6.82. The maximum atomic E-state index is 12.9. The lowest BCUT2D eigenvalue weighted by Gasteiger charge is -2.30. The smallest absolute Gasteiger partial charge is 0.406 e. The van der Waals surface area contributed by atoms with Gasteiger partial charge >= 0.3 is 12.4 Å². The van der Waals surface area contributed by atoms with Crippen molar-refractivity contribution in [3.8, 4) is 5.75 Å². The van der Waals surface area contributed by atoms with E-state index < -0.39 is 17.9 Å². The molecule has 0 spiro atoms. The predicted octanol–water partition coefficient (Wildman–Crippen LogP) is 7.41. The number of carbonyl (C=O) groups excluding carboxylic acids is 2. The minimum absolute atomic E-state index is 0.0175. The van der Waals surface area contributed by atoms with E-state index in [1.54, 1.807) is 17.0 Å². The molecule has 0 saturated heterocycles. The third-order valence-corrected chi connectivity index (χ3v) is 7.81. The SMILES string of the molecule is CCCc1ccc(C)cc1N(C=O)C(NC(=O)NCC(C)c1ccc(C(=N)/N=C\Nc2ccc(OC(F)(F)F)cc2)cc1)SCC. The van der Waals surface area contributed by atoms with Gasteiger partial charge in [-0.2, -0.15) is 0 Å². The van der Waals surface area contributed by atoms with E-state index in [9.17, 15) is 22.8 Å². The summed E-state index contributed by atoms with van der Waals surface area (Å²) in [5.41, 5.74) is 4.25. The summed E-state index contributed by atoms with van der Waals surface area (Å²) >= 11 is 1.45. The number of thioether (sulfide) groups is 1. The molecule has 3 amide bonds. The summed E-state index contributed by atoms with van der Waals surface area (Å²) in [5, 5.41) is 16.9. The molecule has 0 aliphatic heterocycles. The molecule has 3 rings (SSSR count). The van der Waals surface area contributed by atoms with Crippen molar-refractivity contribution in [3.05, 3.63) is 89.0 Å². The van der Waals surface area contributed by atoms with Gasteiger partial charge in [0.1, 0.15) is 5.75 Å². The minimum Gasteiger partial charge on any atom is -0.406 e. The van der Waals surface area contributed by atoms with Crippen LogP contribution in [0.25, 0.3) is 0 Å². The summed E-state index contributed by atoms with van der Waals surface area (Å²) in [4.78, 5) is 30.8. The quantitative estimate of drug-likeness (QED) is 0.0588. The molecular formula is C33H39F3N6O3S. The van der Waals surface area contributed by atoms with Gasteiger partial charge in [-0.3, -0.25) is 15.1 Å². The Labute approximate surface area is 271 Å². The molecule has 3 aromatic carbocycles. The fourth-order valence-electron chi connectivity index (χ4n) is 4.48. The maximum Gasteiger partial charge on any atom is 0.573 e. The van der Waals surface area contributed by atoms with Crippen LogP contribution in [0.3, 0.4) is 0 Å². The van der Waals surface area contributed by atoms with Crippen molar-refractivity contribution in [2.45, 2.75) is 58.3 Å². The molecule has 3 aromatic rings. The molecule has 0 bridgehead atoms. The summed E-state index contributed by atoms with van der Waals surface area (Å²) in [6.07, 6.45) is -0.978. The van der Waals surface area contributed by atoms with Crippen LogP contribution in [0.15, 0.2) is 71.7 Å². The van der Waals surface area contributed by atoms with Gasteiger partial charge in [-0.1, -0.05) is 63.6 Å². The lowest BCUT2D eigenvalue weighted by Crippen LogP contribution is -2.50. The number of rotatable bonds is 15. The molecule has 0 aliphatic carbocycles. The Kier molecular flexibility index (Phi) is 13.5. The molecule has 2 unspecified atom stereocenters.